The normalized spacial score (nSPS) is 12.2. The summed E-state index contributed by atoms with van der Waals surface area (Å²) in [6.07, 6.45) is 1.21. The topological polar surface area (TPSA) is 88.5 Å². The molecule has 1 aromatic rings. The molecule has 0 aliphatic heterocycles. The Kier molecular flexibility index (Phi) is 5.44. The molecule has 6 heteroatoms. The van der Waals surface area contributed by atoms with E-state index in [2.05, 4.69) is 10.3 Å². The van der Waals surface area contributed by atoms with E-state index >= 15 is 0 Å². The fourth-order valence-electron chi connectivity index (χ4n) is 1.56. The molecule has 0 aliphatic carbocycles. The molecule has 104 valence electrons. The molecule has 1 heterocycles. The molecular weight excluding hydrogens is 248 g/mol. The monoisotopic (exact) mass is 266 g/mol. The van der Waals surface area contributed by atoms with E-state index in [9.17, 15) is 9.59 Å². The fourth-order valence-corrected chi connectivity index (χ4v) is 1.56. The van der Waals surface area contributed by atoms with Crippen LogP contribution in [0.5, 0.6) is 0 Å². The Hall–Kier alpha value is -1.95. The van der Waals surface area contributed by atoms with Crippen molar-refractivity contribution in [3.8, 4) is 0 Å². The average Bonchev–Trinajstić information content (AvgIpc) is 2.38. The van der Waals surface area contributed by atoms with Crippen LogP contribution >= 0.6 is 0 Å². The third-order valence-corrected chi connectivity index (χ3v) is 2.75. The van der Waals surface area contributed by atoms with Crippen LogP contribution in [0, 0.1) is 5.92 Å². The van der Waals surface area contributed by atoms with Crippen LogP contribution in [0.1, 0.15) is 34.7 Å². The Morgan fingerprint density at radius 3 is 2.68 bits per heavy atom. The molecular formula is C13H18N2O4. The molecule has 0 spiro atoms. The summed E-state index contributed by atoms with van der Waals surface area (Å²) >= 11 is 0. The van der Waals surface area contributed by atoms with E-state index in [-0.39, 0.29) is 23.3 Å². The number of amides is 1. The molecule has 0 aliphatic rings. The molecule has 0 saturated heterocycles. The van der Waals surface area contributed by atoms with Gasteiger partial charge in [0.05, 0.1) is 11.7 Å². The van der Waals surface area contributed by atoms with Crippen LogP contribution in [0.2, 0.25) is 0 Å². The van der Waals surface area contributed by atoms with E-state index in [1.165, 1.54) is 18.3 Å². The lowest BCUT2D eigenvalue weighted by Crippen LogP contribution is -2.36. The minimum Gasteiger partial charge on any atom is -0.478 e. The number of aromatic nitrogens is 1. The van der Waals surface area contributed by atoms with Crippen LogP contribution in [-0.4, -0.2) is 41.7 Å². The minimum absolute atomic E-state index is 0.0345. The summed E-state index contributed by atoms with van der Waals surface area (Å²) in [6, 6.07) is 2.58. The molecule has 1 unspecified atom stereocenters. The molecule has 0 radical (unpaired) electrons. The van der Waals surface area contributed by atoms with Crippen LogP contribution < -0.4 is 5.32 Å². The number of pyridine rings is 1. The molecule has 2 N–H and O–H groups in total. The summed E-state index contributed by atoms with van der Waals surface area (Å²) < 4.78 is 5.23. The van der Waals surface area contributed by atoms with Crippen molar-refractivity contribution >= 4 is 11.9 Å². The molecule has 6 nitrogen and oxygen atoms in total. The Morgan fingerprint density at radius 1 is 1.47 bits per heavy atom. The Labute approximate surface area is 111 Å². The van der Waals surface area contributed by atoms with Gasteiger partial charge in [0.15, 0.2) is 0 Å². The van der Waals surface area contributed by atoms with Crippen molar-refractivity contribution in [1.82, 2.24) is 10.3 Å². The number of nitrogens with one attached hydrogen (secondary N) is 1. The van der Waals surface area contributed by atoms with E-state index < -0.39 is 11.9 Å². The highest BCUT2D eigenvalue weighted by molar-refractivity contribution is 5.95. The highest BCUT2D eigenvalue weighted by atomic mass is 16.5. The number of rotatable bonds is 6. The fraction of sp³-hybridized carbons (Fsp3) is 0.462. The lowest BCUT2D eigenvalue weighted by molar-refractivity contribution is 0.0603. The van der Waals surface area contributed by atoms with Gasteiger partial charge in [0.2, 0.25) is 0 Å². The highest BCUT2D eigenvalue weighted by Crippen LogP contribution is 2.05. The number of aromatic carboxylic acids is 1. The van der Waals surface area contributed by atoms with Gasteiger partial charge in [-0.05, 0) is 18.1 Å². The van der Waals surface area contributed by atoms with Gasteiger partial charge in [-0.15, -0.1) is 0 Å². The van der Waals surface area contributed by atoms with Gasteiger partial charge in [-0.25, -0.2) is 4.79 Å². The van der Waals surface area contributed by atoms with Crippen molar-refractivity contribution in [2.75, 3.05) is 13.7 Å². The van der Waals surface area contributed by atoms with Crippen molar-refractivity contribution in [3.05, 3.63) is 29.6 Å². The number of carboxylic acids is 1. The lowest BCUT2D eigenvalue weighted by atomic mass is 10.1. The number of carboxylic acid groups (broad SMARTS) is 1. The molecule has 1 aromatic heterocycles. The zero-order valence-corrected chi connectivity index (χ0v) is 11.2. The zero-order valence-electron chi connectivity index (χ0n) is 11.2. The minimum atomic E-state index is -1.09. The molecule has 0 aromatic carbocycles. The van der Waals surface area contributed by atoms with E-state index in [1.807, 2.05) is 13.8 Å². The van der Waals surface area contributed by atoms with Gasteiger partial charge in [-0.2, -0.15) is 0 Å². The maximum Gasteiger partial charge on any atom is 0.335 e. The molecule has 0 fully saturated rings. The van der Waals surface area contributed by atoms with Crippen molar-refractivity contribution in [1.29, 1.82) is 0 Å². The first-order chi connectivity index (χ1) is 8.95. The maximum absolute atomic E-state index is 11.8. The van der Waals surface area contributed by atoms with Gasteiger partial charge in [0.1, 0.15) is 5.69 Å². The summed E-state index contributed by atoms with van der Waals surface area (Å²) in [4.78, 5) is 26.5. The molecule has 0 bridgehead atoms. The molecule has 1 rings (SSSR count). The van der Waals surface area contributed by atoms with Gasteiger partial charge in [-0.3, -0.25) is 9.78 Å². The maximum atomic E-state index is 11.8. The summed E-state index contributed by atoms with van der Waals surface area (Å²) in [6.45, 7) is 4.33. The largest absolute Gasteiger partial charge is 0.478 e. The van der Waals surface area contributed by atoms with Gasteiger partial charge in [0, 0.05) is 19.9 Å². The van der Waals surface area contributed by atoms with Gasteiger partial charge >= 0.3 is 5.97 Å². The lowest BCUT2D eigenvalue weighted by Gasteiger charge is -2.19. The molecule has 19 heavy (non-hydrogen) atoms. The zero-order chi connectivity index (χ0) is 14.4. The van der Waals surface area contributed by atoms with E-state index in [0.717, 1.165) is 0 Å². The number of methoxy groups -OCH3 is 1. The quantitative estimate of drug-likeness (QED) is 0.807. The third-order valence-electron chi connectivity index (χ3n) is 2.75. The first kappa shape index (κ1) is 15.1. The van der Waals surface area contributed by atoms with Crippen molar-refractivity contribution in [2.24, 2.45) is 5.92 Å². The van der Waals surface area contributed by atoms with Gasteiger partial charge in [-0.1, -0.05) is 13.8 Å². The van der Waals surface area contributed by atoms with E-state index in [4.69, 9.17) is 9.84 Å². The van der Waals surface area contributed by atoms with E-state index in [0.29, 0.717) is 6.54 Å². The number of hydrogen-bond donors (Lipinski definition) is 2. The number of carbonyl (C=O) groups excluding carboxylic acids is 1. The SMILES string of the molecule is COC(CNC(=O)c1cc(C(=O)O)ccn1)C(C)C. The van der Waals surface area contributed by atoms with Crippen molar-refractivity contribution in [3.63, 3.8) is 0 Å². The second-order valence-corrected chi connectivity index (χ2v) is 4.46. The number of carbonyl (C=O) groups is 2. The van der Waals surface area contributed by atoms with Crippen LogP contribution in [0.3, 0.4) is 0 Å². The Bertz CT molecular complexity index is 460. The predicted octanol–water partition coefficient (Wildman–Crippen LogP) is 1.18. The first-order valence-electron chi connectivity index (χ1n) is 5.96. The molecule has 1 atom stereocenters. The van der Waals surface area contributed by atoms with Crippen molar-refractivity contribution < 1.29 is 19.4 Å². The smallest absolute Gasteiger partial charge is 0.335 e. The van der Waals surface area contributed by atoms with Crippen LogP contribution in [0.15, 0.2) is 18.3 Å². The summed E-state index contributed by atoms with van der Waals surface area (Å²) in [7, 11) is 1.58. The standard InChI is InChI=1S/C13H18N2O4/c1-8(2)11(19-3)7-15-12(16)10-6-9(13(17)18)4-5-14-10/h4-6,8,11H,7H2,1-3H3,(H,15,16)(H,17,18). The highest BCUT2D eigenvalue weighted by Gasteiger charge is 2.15. The van der Waals surface area contributed by atoms with Gasteiger partial charge < -0.3 is 15.2 Å². The van der Waals surface area contributed by atoms with E-state index in [1.54, 1.807) is 7.11 Å². The third kappa shape index (κ3) is 4.33. The number of hydrogen-bond acceptors (Lipinski definition) is 4. The Morgan fingerprint density at radius 2 is 2.16 bits per heavy atom. The summed E-state index contributed by atoms with van der Waals surface area (Å²) in [5.74, 6) is -1.23. The molecule has 0 saturated carbocycles. The van der Waals surface area contributed by atoms with Crippen LogP contribution in [0.25, 0.3) is 0 Å². The average molecular weight is 266 g/mol. The Balaban J connectivity index is 2.68. The summed E-state index contributed by atoms with van der Waals surface area (Å²) in [5.41, 5.74) is 0.116. The predicted molar refractivity (Wildman–Crippen MR) is 69.2 cm³/mol. The van der Waals surface area contributed by atoms with Gasteiger partial charge in [0.25, 0.3) is 5.91 Å². The first-order valence-corrected chi connectivity index (χ1v) is 5.96. The summed E-state index contributed by atoms with van der Waals surface area (Å²) in [5, 5.41) is 11.5. The van der Waals surface area contributed by atoms with Crippen LogP contribution in [0.4, 0.5) is 0 Å². The molecule has 1 amide bonds. The second-order valence-electron chi connectivity index (χ2n) is 4.46. The number of ether oxygens (including phenoxy) is 1. The second kappa shape index (κ2) is 6.84. The van der Waals surface area contributed by atoms with Crippen LogP contribution in [-0.2, 0) is 4.74 Å². The van der Waals surface area contributed by atoms with Crippen molar-refractivity contribution in [2.45, 2.75) is 20.0 Å². The number of nitrogens with zero attached hydrogens (tertiary/aromatic N) is 1.